The molecule has 24 heavy (non-hydrogen) atoms. The van der Waals surface area contributed by atoms with E-state index in [0.29, 0.717) is 0 Å². The van der Waals surface area contributed by atoms with Gasteiger partial charge in [0.1, 0.15) is 0 Å². The molecule has 0 radical (unpaired) electrons. The van der Waals surface area contributed by atoms with E-state index in [0.717, 1.165) is 0 Å². The van der Waals surface area contributed by atoms with Crippen molar-refractivity contribution in [2.24, 2.45) is 0 Å². The maximum atomic E-state index is 2.44. The minimum absolute atomic E-state index is 0.148. The van der Waals surface area contributed by atoms with Crippen LogP contribution >= 0.6 is 0 Å². The van der Waals surface area contributed by atoms with E-state index in [2.05, 4.69) is 98.7 Å². The molecule has 0 bridgehead atoms. The maximum Gasteiger partial charge on any atom is 0.0456 e. The van der Waals surface area contributed by atoms with Crippen LogP contribution in [0.5, 0.6) is 0 Å². The van der Waals surface area contributed by atoms with Crippen molar-refractivity contribution < 1.29 is 0 Å². The second-order valence-electron chi connectivity index (χ2n) is 7.58. The molecular formula is C22H30N2. The van der Waals surface area contributed by atoms with Crippen LogP contribution in [0.3, 0.4) is 0 Å². The molecule has 0 atom stereocenters. The fraction of sp³-hybridized carbons (Fsp3) is 0.455. The summed E-state index contributed by atoms with van der Waals surface area (Å²) in [7, 11) is 8.94. The number of hydrogen-bond donors (Lipinski definition) is 0. The molecule has 1 fully saturated rings. The molecule has 0 aromatic heterocycles. The summed E-state index contributed by atoms with van der Waals surface area (Å²) in [6.07, 6.45) is 4.71. The van der Waals surface area contributed by atoms with Crippen molar-refractivity contribution in [1.82, 2.24) is 9.80 Å². The van der Waals surface area contributed by atoms with E-state index >= 15 is 0 Å². The monoisotopic (exact) mass is 322 g/mol. The fourth-order valence-corrected chi connectivity index (χ4v) is 4.56. The maximum absolute atomic E-state index is 2.44. The van der Waals surface area contributed by atoms with E-state index < -0.39 is 0 Å². The van der Waals surface area contributed by atoms with Gasteiger partial charge >= 0.3 is 0 Å². The van der Waals surface area contributed by atoms with E-state index in [1.54, 1.807) is 0 Å². The molecule has 128 valence electrons. The van der Waals surface area contributed by atoms with Crippen LogP contribution in [-0.4, -0.2) is 38.0 Å². The van der Waals surface area contributed by atoms with Crippen molar-refractivity contribution in [3.63, 3.8) is 0 Å². The van der Waals surface area contributed by atoms with Gasteiger partial charge in [-0.2, -0.15) is 0 Å². The molecule has 3 rings (SSSR count). The normalized spacial score (nSPS) is 27.6. The van der Waals surface area contributed by atoms with E-state index in [-0.39, 0.29) is 11.1 Å². The third kappa shape index (κ3) is 2.78. The lowest BCUT2D eigenvalue weighted by Crippen LogP contribution is -2.52. The van der Waals surface area contributed by atoms with Crippen LogP contribution in [0, 0.1) is 0 Å². The topological polar surface area (TPSA) is 6.48 Å². The van der Waals surface area contributed by atoms with Crippen molar-refractivity contribution in [3.8, 4) is 0 Å². The first-order valence-corrected chi connectivity index (χ1v) is 8.97. The zero-order chi connectivity index (χ0) is 17.2. The molecule has 0 spiro atoms. The van der Waals surface area contributed by atoms with Gasteiger partial charge in [0.05, 0.1) is 0 Å². The summed E-state index contributed by atoms with van der Waals surface area (Å²) in [5, 5.41) is 0. The molecule has 0 N–H and O–H groups in total. The second kappa shape index (κ2) is 6.70. The predicted molar refractivity (Wildman–Crippen MR) is 102 cm³/mol. The average molecular weight is 322 g/mol. The summed E-state index contributed by atoms with van der Waals surface area (Å²) in [5.41, 5.74) is 3.20. The first kappa shape index (κ1) is 17.2. The first-order valence-electron chi connectivity index (χ1n) is 8.97. The van der Waals surface area contributed by atoms with Gasteiger partial charge in [-0.25, -0.2) is 0 Å². The molecule has 2 nitrogen and oxygen atoms in total. The predicted octanol–water partition coefficient (Wildman–Crippen LogP) is 4.47. The van der Waals surface area contributed by atoms with Crippen molar-refractivity contribution in [2.45, 2.75) is 36.8 Å². The van der Waals surface area contributed by atoms with Crippen molar-refractivity contribution >= 4 is 0 Å². The molecular weight excluding hydrogens is 292 g/mol. The van der Waals surface area contributed by atoms with E-state index in [1.807, 2.05) is 0 Å². The molecule has 1 aliphatic carbocycles. The zero-order valence-electron chi connectivity index (χ0n) is 15.5. The van der Waals surface area contributed by atoms with Crippen LogP contribution < -0.4 is 0 Å². The van der Waals surface area contributed by atoms with Gasteiger partial charge in [-0.1, -0.05) is 60.7 Å². The van der Waals surface area contributed by atoms with Crippen LogP contribution in [0.25, 0.3) is 0 Å². The lowest BCUT2D eigenvalue weighted by Gasteiger charge is -2.52. The van der Waals surface area contributed by atoms with Gasteiger partial charge in [0.15, 0.2) is 0 Å². The molecule has 2 aromatic carbocycles. The van der Waals surface area contributed by atoms with Crippen LogP contribution in [0.15, 0.2) is 60.7 Å². The average Bonchev–Trinajstić information content (AvgIpc) is 2.63. The lowest BCUT2D eigenvalue weighted by atomic mass is 9.66. The Labute approximate surface area is 147 Å². The van der Waals surface area contributed by atoms with Gasteiger partial charge in [0, 0.05) is 11.1 Å². The van der Waals surface area contributed by atoms with Crippen molar-refractivity contribution in [3.05, 3.63) is 71.8 Å². The Kier molecular flexibility index (Phi) is 4.80. The minimum Gasteiger partial charge on any atom is -0.300 e. The van der Waals surface area contributed by atoms with Crippen molar-refractivity contribution in [1.29, 1.82) is 0 Å². The van der Waals surface area contributed by atoms with Crippen LogP contribution in [0.4, 0.5) is 0 Å². The van der Waals surface area contributed by atoms with Gasteiger partial charge in [-0.05, 0) is 65.0 Å². The highest BCUT2D eigenvalue weighted by atomic mass is 15.2. The smallest absolute Gasteiger partial charge is 0.0456 e. The van der Waals surface area contributed by atoms with Crippen LogP contribution in [-0.2, 0) is 11.1 Å². The number of benzene rings is 2. The van der Waals surface area contributed by atoms with Gasteiger partial charge in [-0.15, -0.1) is 0 Å². The highest BCUT2D eigenvalue weighted by Gasteiger charge is 2.46. The van der Waals surface area contributed by atoms with Gasteiger partial charge in [-0.3, -0.25) is 9.80 Å². The Morgan fingerprint density at radius 2 is 0.833 bits per heavy atom. The van der Waals surface area contributed by atoms with Gasteiger partial charge in [0.25, 0.3) is 0 Å². The Morgan fingerprint density at radius 3 is 1.08 bits per heavy atom. The number of rotatable bonds is 4. The Bertz CT molecular complexity index is 579. The highest BCUT2D eigenvalue weighted by molar-refractivity contribution is 5.30. The molecule has 2 aromatic rings. The SMILES string of the molecule is CN(C)C1(c2ccccc2)CCC(c2ccccc2)(N(C)C)CC1. The summed E-state index contributed by atoms with van der Waals surface area (Å²) in [6.45, 7) is 0. The van der Waals surface area contributed by atoms with Crippen LogP contribution in [0.2, 0.25) is 0 Å². The number of hydrogen-bond acceptors (Lipinski definition) is 2. The molecule has 0 amide bonds. The van der Waals surface area contributed by atoms with Gasteiger partial charge < -0.3 is 0 Å². The highest BCUT2D eigenvalue weighted by Crippen LogP contribution is 2.50. The summed E-state index contributed by atoms with van der Waals surface area (Å²) in [4.78, 5) is 4.87. The molecule has 1 saturated carbocycles. The van der Waals surface area contributed by atoms with Crippen LogP contribution in [0.1, 0.15) is 36.8 Å². The Morgan fingerprint density at radius 1 is 0.542 bits per heavy atom. The minimum atomic E-state index is 0.148. The van der Waals surface area contributed by atoms with Crippen molar-refractivity contribution in [2.75, 3.05) is 28.2 Å². The fourth-order valence-electron chi connectivity index (χ4n) is 4.56. The van der Waals surface area contributed by atoms with Gasteiger partial charge in [0.2, 0.25) is 0 Å². The summed E-state index contributed by atoms with van der Waals surface area (Å²) >= 11 is 0. The Balaban J connectivity index is 1.95. The largest absolute Gasteiger partial charge is 0.300 e. The third-order valence-corrected chi connectivity index (χ3v) is 6.24. The standard InChI is InChI=1S/C22H30N2/c1-23(2)21(19-11-7-5-8-12-19)15-17-22(18-16-21,24(3)4)20-13-9-6-10-14-20/h5-14H,15-18H2,1-4H3. The van der Waals surface area contributed by atoms with E-state index in [9.17, 15) is 0 Å². The summed E-state index contributed by atoms with van der Waals surface area (Å²) in [6, 6.07) is 22.1. The molecule has 1 aliphatic rings. The second-order valence-corrected chi connectivity index (χ2v) is 7.58. The van der Waals surface area contributed by atoms with E-state index in [1.165, 1.54) is 36.8 Å². The quantitative estimate of drug-likeness (QED) is 0.819. The third-order valence-electron chi connectivity index (χ3n) is 6.24. The molecule has 0 saturated heterocycles. The number of nitrogens with zero attached hydrogens (tertiary/aromatic N) is 2. The molecule has 0 aliphatic heterocycles. The first-order chi connectivity index (χ1) is 11.5. The van der Waals surface area contributed by atoms with E-state index in [4.69, 9.17) is 0 Å². The zero-order valence-corrected chi connectivity index (χ0v) is 15.5. The lowest BCUT2D eigenvalue weighted by molar-refractivity contribution is 0.00865. The molecule has 2 heteroatoms. The summed E-state index contributed by atoms with van der Waals surface area (Å²) < 4.78 is 0. The summed E-state index contributed by atoms with van der Waals surface area (Å²) in [5.74, 6) is 0. The Hall–Kier alpha value is -1.64. The molecule has 0 heterocycles. The molecule has 0 unspecified atom stereocenters.